The predicted octanol–water partition coefficient (Wildman–Crippen LogP) is 2.42. The lowest BCUT2D eigenvalue weighted by atomic mass is 9.94. The molecule has 1 aromatic carbocycles. The smallest absolute Gasteiger partial charge is 0.324 e. The Morgan fingerprint density at radius 2 is 1.79 bits per heavy atom. The highest BCUT2D eigenvalue weighted by atomic mass is 16.5. The Morgan fingerprint density at radius 1 is 1.16 bits per heavy atom. The Bertz CT molecular complexity index is 450. The fourth-order valence-electron chi connectivity index (χ4n) is 1.63. The second-order valence-electron chi connectivity index (χ2n) is 4.29. The van der Waals surface area contributed by atoms with Crippen molar-refractivity contribution in [1.29, 1.82) is 0 Å². The van der Waals surface area contributed by atoms with Crippen LogP contribution in [0.15, 0.2) is 30.3 Å². The number of carbonyl (C=O) groups is 3. The Balaban J connectivity index is 2.80. The average Bonchev–Trinajstić information content (AvgIpc) is 2.39. The first-order chi connectivity index (χ1) is 9.07. The lowest BCUT2D eigenvalue weighted by Gasteiger charge is -2.12. The van der Waals surface area contributed by atoms with Gasteiger partial charge < -0.3 is 4.74 Å². The zero-order valence-electron chi connectivity index (χ0n) is 11.2. The van der Waals surface area contributed by atoms with Crippen LogP contribution in [0.25, 0.3) is 0 Å². The molecule has 0 saturated carbocycles. The Hall–Kier alpha value is -1.97. The van der Waals surface area contributed by atoms with E-state index in [1.54, 1.807) is 30.3 Å². The first kappa shape index (κ1) is 15.1. The van der Waals surface area contributed by atoms with Crippen LogP contribution in [0.4, 0.5) is 0 Å². The zero-order chi connectivity index (χ0) is 14.3. The normalized spacial score (nSPS) is 11.7. The summed E-state index contributed by atoms with van der Waals surface area (Å²) in [5, 5.41) is 0. The largest absolute Gasteiger partial charge is 0.465 e. The van der Waals surface area contributed by atoms with E-state index in [2.05, 4.69) is 0 Å². The summed E-state index contributed by atoms with van der Waals surface area (Å²) in [4.78, 5) is 35.5. The summed E-state index contributed by atoms with van der Waals surface area (Å²) in [6.07, 6.45) is 1.60. The van der Waals surface area contributed by atoms with Gasteiger partial charge in [-0.05, 0) is 13.3 Å². The highest BCUT2D eigenvalue weighted by Gasteiger charge is 2.33. The van der Waals surface area contributed by atoms with E-state index in [1.807, 2.05) is 6.92 Å². The maximum absolute atomic E-state index is 12.1. The number of hydrogen-bond acceptors (Lipinski definition) is 4. The lowest BCUT2D eigenvalue weighted by molar-refractivity contribution is -0.149. The molecule has 102 valence electrons. The molecule has 0 aliphatic carbocycles. The van der Waals surface area contributed by atoms with Crippen molar-refractivity contribution in [3.63, 3.8) is 0 Å². The van der Waals surface area contributed by atoms with Gasteiger partial charge in [-0.15, -0.1) is 0 Å². The fraction of sp³-hybridized carbons (Fsp3) is 0.400. The van der Waals surface area contributed by atoms with Gasteiger partial charge in [0.2, 0.25) is 0 Å². The maximum atomic E-state index is 12.1. The van der Waals surface area contributed by atoms with Gasteiger partial charge in [0.1, 0.15) is 0 Å². The molecule has 0 N–H and O–H groups in total. The second kappa shape index (κ2) is 7.46. The molecule has 1 aromatic rings. The van der Waals surface area contributed by atoms with Crippen molar-refractivity contribution in [2.75, 3.05) is 6.61 Å². The lowest BCUT2D eigenvalue weighted by Crippen LogP contribution is -2.32. The van der Waals surface area contributed by atoms with E-state index in [0.29, 0.717) is 5.56 Å². The minimum atomic E-state index is -1.35. The second-order valence-corrected chi connectivity index (χ2v) is 4.29. The third-order valence-electron chi connectivity index (χ3n) is 2.70. The molecule has 4 heteroatoms. The summed E-state index contributed by atoms with van der Waals surface area (Å²) in [7, 11) is 0. The van der Waals surface area contributed by atoms with Gasteiger partial charge in [0.25, 0.3) is 0 Å². The monoisotopic (exact) mass is 262 g/mol. The number of benzene rings is 1. The number of rotatable bonds is 7. The molecule has 0 amide bonds. The molecule has 1 unspecified atom stereocenters. The number of ether oxygens (including phenoxy) is 1. The molecular weight excluding hydrogens is 244 g/mol. The number of esters is 1. The number of ketones is 2. The number of carbonyl (C=O) groups excluding carboxylic acids is 3. The van der Waals surface area contributed by atoms with Crippen LogP contribution in [0.1, 0.15) is 37.0 Å². The van der Waals surface area contributed by atoms with Crippen molar-refractivity contribution in [3.05, 3.63) is 35.9 Å². The molecule has 0 spiro atoms. The molecule has 0 fully saturated rings. The Labute approximate surface area is 112 Å². The van der Waals surface area contributed by atoms with E-state index >= 15 is 0 Å². The molecule has 19 heavy (non-hydrogen) atoms. The molecular formula is C15H18O4. The molecule has 0 aromatic heterocycles. The fourth-order valence-corrected chi connectivity index (χ4v) is 1.63. The molecule has 4 nitrogen and oxygen atoms in total. The summed E-state index contributed by atoms with van der Waals surface area (Å²) < 4.78 is 4.97. The molecule has 0 radical (unpaired) electrons. The van der Waals surface area contributed by atoms with Gasteiger partial charge in [-0.25, -0.2) is 0 Å². The minimum absolute atomic E-state index is 0.237. The van der Waals surface area contributed by atoms with Gasteiger partial charge in [-0.2, -0.15) is 0 Å². The summed E-state index contributed by atoms with van der Waals surface area (Å²) >= 11 is 0. The van der Waals surface area contributed by atoms with Crippen LogP contribution >= 0.6 is 0 Å². The van der Waals surface area contributed by atoms with Crippen LogP contribution in [0.3, 0.4) is 0 Å². The number of hydrogen-bond donors (Lipinski definition) is 0. The van der Waals surface area contributed by atoms with Crippen molar-refractivity contribution in [3.8, 4) is 0 Å². The summed E-state index contributed by atoms with van der Waals surface area (Å²) in [5.41, 5.74) is 0.343. The van der Waals surface area contributed by atoms with Gasteiger partial charge in [0, 0.05) is 5.56 Å². The molecule has 0 aliphatic heterocycles. The highest BCUT2D eigenvalue weighted by Crippen LogP contribution is 2.12. The van der Waals surface area contributed by atoms with Crippen LogP contribution in [0.2, 0.25) is 0 Å². The maximum Gasteiger partial charge on any atom is 0.324 e. The van der Waals surface area contributed by atoms with Gasteiger partial charge in [0.05, 0.1) is 6.61 Å². The summed E-state index contributed by atoms with van der Waals surface area (Å²) in [5.74, 6) is -3.10. The van der Waals surface area contributed by atoms with Gasteiger partial charge in [-0.1, -0.05) is 43.7 Å². The zero-order valence-corrected chi connectivity index (χ0v) is 11.2. The van der Waals surface area contributed by atoms with Gasteiger partial charge in [-0.3, -0.25) is 14.4 Å². The molecule has 0 saturated heterocycles. The van der Waals surface area contributed by atoms with E-state index in [4.69, 9.17) is 4.74 Å². The average molecular weight is 262 g/mol. The standard InChI is InChI=1S/C15H18O4/c1-3-4-10-19-15(18)13(11(2)16)14(17)12-8-6-5-7-9-12/h5-9,13H,3-4,10H2,1-2H3. The summed E-state index contributed by atoms with van der Waals surface area (Å²) in [6.45, 7) is 3.43. The van der Waals surface area contributed by atoms with Crippen molar-refractivity contribution in [2.45, 2.75) is 26.7 Å². The van der Waals surface area contributed by atoms with E-state index in [1.165, 1.54) is 6.92 Å². The van der Waals surface area contributed by atoms with Crippen molar-refractivity contribution in [1.82, 2.24) is 0 Å². The van der Waals surface area contributed by atoms with Crippen LogP contribution in [0, 0.1) is 5.92 Å². The molecule has 0 heterocycles. The van der Waals surface area contributed by atoms with Crippen LogP contribution < -0.4 is 0 Å². The third-order valence-corrected chi connectivity index (χ3v) is 2.70. The summed E-state index contributed by atoms with van der Waals surface area (Å²) in [6, 6.07) is 8.30. The highest BCUT2D eigenvalue weighted by molar-refractivity contribution is 6.21. The molecule has 0 aliphatic rings. The quantitative estimate of drug-likeness (QED) is 0.328. The van der Waals surface area contributed by atoms with Crippen LogP contribution in [-0.4, -0.2) is 24.1 Å². The van der Waals surface area contributed by atoms with Crippen molar-refractivity contribution < 1.29 is 19.1 Å². The SMILES string of the molecule is CCCCOC(=O)C(C(C)=O)C(=O)c1ccccc1. The topological polar surface area (TPSA) is 60.4 Å². The Morgan fingerprint density at radius 3 is 2.32 bits per heavy atom. The van der Waals surface area contributed by atoms with Gasteiger partial charge >= 0.3 is 5.97 Å². The third kappa shape index (κ3) is 4.32. The van der Waals surface area contributed by atoms with E-state index < -0.39 is 23.5 Å². The predicted molar refractivity (Wildman–Crippen MR) is 70.8 cm³/mol. The molecule has 1 atom stereocenters. The van der Waals surface area contributed by atoms with E-state index in [-0.39, 0.29) is 6.61 Å². The molecule has 0 bridgehead atoms. The molecule has 1 rings (SSSR count). The van der Waals surface area contributed by atoms with Crippen molar-refractivity contribution in [2.24, 2.45) is 5.92 Å². The number of Topliss-reactive ketones (excluding diaryl/α,β-unsaturated/α-hetero) is 2. The van der Waals surface area contributed by atoms with E-state index in [9.17, 15) is 14.4 Å². The first-order valence-corrected chi connectivity index (χ1v) is 6.34. The van der Waals surface area contributed by atoms with Crippen molar-refractivity contribution >= 4 is 17.5 Å². The van der Waals surface area contributed by atoms with Crippen LogP contribution in [0.5, 0.6) is 0 Å². The number of unbranched alkanes of at least 4 members (excludes halogenated alkanes) is 1. The van der Waals surface area contributed by atoms with E-state index in [0.717, 1.165) is 12.8 Å². The van der Waals surface area contributed by atoms with Crippen LogP contribution in [-0.2, 0) is 14.3 Å². The first-order valence-electron chi connectivity index (χ1n) is 6.34. The Kier molecular flexibility index (Phi) is 5.93. The minimum Gasteiger partial charge on any atom is -0.465 e. The van der Waals surface area contributed by atoms with Gasteiger partial charge in [0.15, 0.2) is 17.5 Å².